The fraction of sp³-hybridized carbons (Fsp3) is 0.100. The lowest BCUT2D eigenvalue weighted by molar-refractivity contribution is 1.46. The molecule has 1 rings (SSSR count). The number of nitrogen functional groups attached to an aromatic ring is 1. The molecule has 1 aromatic rings. The van der Waals surface area contributed by atoms with Gasteiger partial charge in [0.2, 0.25) is 0 Å². The Labute approximate surface area is 71.6 Å². The SMILES string of the molecule is Cc1ccc(C#CC#N)cc1N. The molecule has 58 valence electrons. The third kappa shape index (κ3) is 1.78. The lowest BCUT2D eigenvalue weighted by atomic mass is 10.1. The average Bonchev–Trinajstić information content (AvgIpc) is 2.07. The van der Waals surface area contributed by atoms with Crippen LogP contribution < -0.4 is 5.73 Å². The standard InChI is InChI=1S/C10H8N2/c1-8-4-5-9(3-2-6-11)7-10(8)12/h4-5,7H,12H2,1H3. The van der Waals surface area contributed by atoms with Gasteiger partial charge in [-0.15, -0.1) is 0 Å². The summed E-state index contributed by atoms with van der Waals surface area (Å²) in [6.45, 7) is 1.93. The lowest BCUT2D eigenvalue weighted by Crippen LogP contribution is -1.89. The summed E-state index contributed by atoms with van der Waals surface area (Å²) in [4.78, 5) is 0. The number of anilines is 1. The Morgan fingerprint density at radius 3 is 2.75 bits per heavy atom. The van der Waals surface area contributed by atoms with Crippen molar-refractivity contribution in [1.82, 2.24) is 0 Å². The molecule has 2 N–H and O–H groups in total. The molecule has 0 radical (unpaired) electrons. The van der Waals surface area contributed by atoms with E-state index < -0.39 is 0 Å². The van der Waals surface area contributed by atoms with Crippen LogP contribution in [0.3, 0.4) is 0 Å². The summed E-state index contributed by atoms with van der Waals surface area (Å²) in [6, 6.07) is 7.24. The minimum absolute atomic E-state index is 0.708. The molecule has 0 heterocycles. The smallest absolute Gasteiger partial charge is 0.152 e. The Hall–Kier alpha value is -1.93. The topological polar surface area (TPSA) is 49.8 Å². The van der Waals surface area contributed by atoms with Crippen LogP contribution in [0.1, 0.15) is 11.1 Å². The van der Waals surface area contributed by atoms with E-state index in [1.807, 2.05) is 19.1 Å². The van der Waals surface area contributed by atoms with Crippen molar-refractivity contribution in [3.63, 3.8) is 0 Å². The molecule has 0 aliphatic carbocycles. The molecule has 1 aromatic carbocycles. The molecule has 0 fully saturated rings. The zero-order chi connectivity index (χ0) is 8.97. The van der Waals surface area contributed by atoms with Crippen LogP contribution in [-0.4, -0.2) is 0 Å². The third-order valence-electron chi connectivity index (χ3n) is 1.54. The van der Waals surface area contributed by atoms with Gasteiger partial charge in [0.15, 0.2) is 6.07 Å². The molecule has 0 unspecified atom stereocenters. The van der Waals surface area contributed by atoms with E-state index in [0.29, 0.717) is 5.69 Å². The molecule has 12 heavy (non-hydrogen) atoms. The normalized spacial score (nSPS) is 8.00. The van der Waals surface area contributed by atoms with Crippen molar-refractivity contribution in [3.8, 4) is 17.9 Å². The average molecular weight is 156 g/mol. The largest absolute Gasteiger partial charge is 0.398 e. The molecule has 0 atom stereocenters. The molecular formula is C10H8N2. The van der Waals surface area contributed by atoms with Gasteiger partial charge in [0, 0.05) is 17.2 Å². The monoisotopic (exact) mass is 156 g/mol. The highest BCUT2D eigenvalue weighted by Crippen LogP contribution is 2.11. The van der Waals surface area contributed by atoms with Crippen LogP contribution in [0, 0.1) is 30.1 Å². The van der Waals surface area contributed by atoms with Crippen LogP contribution in [0.25, 0.3) is 0 Å². The van der Waals surface area contributed by atoms with E-state index in [1.165, 1.54) is 0 Å². The predicted octanol–water partition coefficient (Wildman–Crippen LogP) is 1.45. The molecule has 2 heteroatoms. The molecule has 0 saturated carbocycles. The number of nitriles is 1. The number of nitrogens with two attached hydrogens (primary N) is 1. The van der Waals surface area contributed by atoms with Gasteiger partial charge < -0.3 is 5.73 Å². The number of aryl methyl sites for hydroxylation is 1. The first-order valence-electron chi connectivity index (χ1n) is 3.50. The molecule has 2 nitrogen and oxygen atoms in total. The number of hydrogen-bond acceptors (Lipinski definition) is 2. The highest BCUT2D eigenvalue weighted by Gasteiger charge is 1.92. The van der Waals surface area contributed by atoms with Crippen LogP contribution >= 0.6 is 0 Å². The van der Waals surface area contributed by atoms with Crippen molar-refractivity contribution in [2.45, 2.75) is 6.92 Å². The summed E-state index contributed by atoms with van der Waals surface area (Å²) < 4.78 is 0. The zero-order valence-electron chi connectivity index (χ0n) is 6.76. The van der Waals surface area contributed by atoms with E-state index >= 15 is 0 Å². The second-order valence-electron chi connectivity index (χ2n) is 2.43. The van der Waals surface area contributed by atoms with Gasteiger partial charge in [-0.25, -0.2) is 0 Å². The van der Waals surface area contributed by atoms with Gasteiger partial charge in [-0.05, 0) is 24.6 Å². The quantitative estimate of drug-likeness (QED) is 0.456. The van der Waals surface area contributed by atoms with Crippen molar-refractivity contribution in [2.75, 3.05) is 5.73 Å². The first-order chi connectivity index (χ1) is 5.74. The van der Waals surface area contributed by atoms with Gasteiger partial charge in [0.25, 0.3) is 0 Å². The molecule has 0 bridgehead atoms. The van der Waals surface area contributed by atoms with Crippen LogP contribution in [0.4, 0.5) is 5.69 Å². The van der Waals surface area contributed by atoms with Gasteiger partial charge in [-0.3, -0.25) is 0 Å². The number of benzene rings is 1. The third-order valence-corrected chi connectivity index (χ3v) is 1.54. The number of rotatable bonds is 0. The Bertz CT molecular complexity index is 389. The second kappa shape index (κ2) is 3.46. The predicted molar refractivity (Wildman–Crippen MR) is 48.1 cm³/mol. The van der Waals surface area contributed by atoms with Crippen molar-refractivity contribution < 1.29 is 0 Å². The fourth-order valence-electron chi connectivity index (χ4n) is 0.818. The van der Waals surface area contributed by atoms with Crippen molar-refractivity contribution >= 4 is 5.69 Å². The van der Waals surface area contributed by atoms with Gasteiger partial charge in [-0.1, -0.05) is 12.0 Å². The first kappa shape index (κ1) is 8.17. The van der Waals surface area contributed by atoms with E-state index in [2.05, 4.69) is 11.8 Å². The fourth-order valence-corrected chi connectivity index (χ4v) is 0.818. The highest BCUT2D eigenvalue weighted by atomic mass is 14.5. The second-order valence-corrected chi connectivity index (χ2v) is 2.43. The molecule has 0 amide bonds. The Balaban J connectivity index is 3.07. The maximum absolute atomic E-state index is 8.20. The van der Waals surface area contributed by atoms with Gasteiger partial charge in [0.05, 0.1) is 0 Å². The first-order valence-corrected chi connectivity index (χ1v) is 3.50. The van der Waals surface area contributed by atoms with Crippen molar-refractivity contribution in [2.24, 2.45) is 0 Å². The van der Waals surface area contributed by atoms with Gasteiger partial charge >= 0.3 is 0 Å². The number of hydrogen-bond donors (Lipinski definition) is 1. The molecule has 0 aliphatic rings. The van der Waals surface area contributed by atoms with E-state index in [9.17, 15) is 0 Å². The van der Waals surface area contributed by atoms with E-state index in [4.69, 9.17) is 11.0 Å². The molecule has 0 aliphatic heterocycles. The van der Waals surface area contributed by atoms with E-state index in [0.717, 1.165) is 11.1 Å². The molecule has 0 aromatic heterocycles. The van der Waals surface area contributed by atoms with Crippen LogP contribution in [-0.2, 0) is 0 Å². The molecule has 0 saturated heterocycles. The molecular weight excluding hydrogens is 148 g/mol. The maximum Gasteiger partial charge on any atom is 0.152 e. The minimum Gasteiger partial charge on any atom is -0.398 e. The summed E-state index contributed by atoms with van der Waals surface area (Å²) in [5.74, 6) is 4.98. The van der Waals surface area contributed by atoms with Crippen LogP contribution in [0.15, 0.2) is 18.2 Å². The van der Waals surface area contributed by atoms with Gasteiger partial charge in [0.1, 0.15) is 0 Å². The van der Waals surface area contributed by atoms with Crippen molar-refractivity contribution in [3.05, 3.63) is 29.3 Å². The maximum atomic E-state index is 8.20. The summed E-state index contributed by atoms with van der Waals surface area (Å²) in [7, 11) is 0. The summed E-state index contributed by atoms with van der Waals surface area (Å²) in [6.07, 6.45) is 0. The van der Waals surface area contributed by atoms with Crippen LogP contribution in [0.5, 0.6) is 0 Å². The molecule has 0 spiro atoms. The Kier molecular flexibility index (Phi) is 2.35. The zero-order valence-corrected chi connectivity index (χ0v) is 6.76. The Morgan fingerprint density at radius 2 is 2.17 bits per heavy atom. The van der Waals surface area contributed by atoms with Gasteiger partial charge in [-0.2, -0.15) is 5.26 Å². The minimum atomic E-state index is 0.708. The van der Waals surface area contributed by atoms with E-state index in [-0.39, 0.29) is 0 Å². The summed E-state index contributed by atoms with van der Waals surface area (Å²) in [5.41, 5.74) is 8.15. The highest BCUT2D eigenvalue weighted by molar-refractivity contribution is 5.53. The van der Waals surface area contributed by atoms with Crippen LogP contribution in [0.2, 0.25) is 0 Å². The number of nitrogens with zero attached hydrogens (tertiary/aromatic N) is 1. The lowest BCUT2D eigenvalue weighted by Gasteiger charge is -1.98. The van der Waals surface area contributed by atoms with E-state index in [1.54, 1.807) is 12.1 Å². The summed E-state index contributed by atoms with van der Waals surface area (Å²) in [5, 5.41) is 8.20. The van der Waals surface area contributed by atoms with Crippen molar-refractivity contribution in [1.29, 1.82) is 5.26 Å². The Morgan fingerprint density at radius 1 is 1.42 bits per heavy atom. The summed E-state index contributed by atoms with van der Waals surface area (Å²) >= 11 is 0.